The van der Waals surface area contributed by atoms with Crippen molar-refractivity contribution in [2.45, 2.75) is 20.4 Å². The summed E-state index contributed by atoms with van der Waals surface area (Å²) < 4.78 is 23.0. The van der Waals surface area contributed by atoms with Gasteiger partial charge in [-0.2, -0.15) is 0 Å². The van der Waals surface area contributed by atoms with Crippen LogP contribution in [0, 0.1) is 13.8 Å². The number of ether oxygens (including phenoxy) is 3. The average molecular weight is 397 g/mol. The van der Waals surface area contributed by atoms with E-state index < -0.39 is 5.97 Å². The van der Waals surface area contributed by atoms with Crippen LogP contribution in [0.15, 0.2) is 47.1 Å². The summed E-state index contributed by atoms with van der Waals surface area (Å²) in [7, 11) is 2.92. The van der Waals surface area contributed by atoms with Crippen molar-refractivity contribution in [3.8, 4) is 11.5 Å². The van der Waals surface area contributed by atoms with Gasteiger partial charge in [0.2, 0.25) is 5.78 Å². The molecular weight excluding hydrogens is 374 g/mol. The van der Waals surface area contributed by atoms with Gasteiger partial charge in [-0.15, -0.1) is 0 Å². The molecule has 7 nitrogen and oxygen atoms in total. The van der Waals surface area contributed by atoms with E-state index in [0.717, 1.165) is 17.1 Å². The zero-order chi connectivity index (χ0) is 21.0. The van der Waals surface area contributed by atoms with Gasteiger partial charge >= 0.3 is 5.97 Å². The first kappa shape index (κ1) is 20.3. The van der Waals surface area contributed by atoms with Gasteiger partial charge in [0.1, 0.15) is 11.3 Å². The van der Waals surface area contributed by atoms with E-state index in [1.54, 1.807) is 30.5 Å². The minimum absolute atomic E-state index is 0.197. The lowest BCUT2D eigenvalue weighted by Crippen LogP contribution is -2.16. The number of furan rings is 1. The zero-order valence-corrected chi connectivity index (χ0v) is 16.9. The Bertz CT molecular complexity index is 1020. The second-order valence-corrected chi connectivity index (χ2v) is 6.49. The fourth-order valence-electron chi connectivity index (χ4n) is 3.22. The topological polar surface area (TPSA) is 79.9 Å². The lowest BCUT2D eigenvalue weighted by molar-refractivity contribution is 0.0471. The highest BCUT2D eigenvalue weighted by atomic mass is 16.5. The first-order valence-electron chi connectivity index (χ1n) is 9.06. The van der Waals surface area contributed by atoms with Crippen LogP contribution in [0.2, 0.25) is 0 Å². The largest absolute Gasteiger partial charge is 0.493 e. The number of esters is 1. The summed E-state index contributed by atoms with van der Waals surface area (Å²) in [4.78, 5) is 25.1. The highest BCUT2D eigenvalue weighted by Gasteiger charge is 2.21. The summed E-state index contributed by atoms with van der Waals surface area (Å²) >= 11 is 0. The second-order valence-electron chi connectivity index (χ2n) is 6.49. The minimum Gasteiger partial charge on any atom is -0.493 e. The number of ketones is 1. The van der Waals surface area contributed by atoms with Crippen molar-refractivity contribution in [1.29, 1.82) is 0 Å². The zero-order valence-electron chi connectivity index (χ0n) is 16.9. The van der Waals surface area contributed by atoms with E-state index in [2.05, 4.69) is 0 Å². The van der Waals surface area contributed by atoms with Crippen LogP contribution in [0.5, 0.6) is 11.5 Å². The van der Waals surface area contributed by atoms with Crippen molar-refractivity contribution < 1.29 is 28.2 Å². The van der Waals surface area contributed by atoms with Crippen LogP contribution in [0.25, 0.3) is 0 Å². The Balaban J connectivity index is 1.72. The predicted molar refractivity (Wildman–Crippen MR) is 106 cm³/mol. The van der Waals surface area contributed by atoms with Crippen molar-refractivity contribution in [2.24, 2.45) is 0 Å². The minimum atomic E-state index is -0.654. The summed E-state index contributed by atoms with van der Waals surface area (Å²) in [5.74, 6) is 0.540. The van der Waals surface area contributed by atoms with Gasteiger partial charge in [0, 0.05) is 17.0 Å². The van der Waals surface area contributed by atoms with Crippen molar-refractivity contribution in [1.82, 2.24) is 4.57 Å². The van der Waals surface area contributed by atoms with Gasteiger partial charge in [0.05, 0.1) is 27.0 Å². The van der Waals surface area contributed by atoms with Crippen molar-refractivity contribution in [3.63, 3.8) is 0 Å². The van der Waals surface area contributed by atoms with Gasteiger partial charge in [-0.1, -0.05) is 6.07 Å². The Morgan fingerprint density at radius 3 is 2.48 bits per heavy atom. The molecule has 0 atom stereocenters. The molecule has 7 heteroatoms. The molecule has 1 aromatic carbocycles. The second kappa shape index (κ2) is 8.68. The molecule has 0 saturated carbocycles. The SMILES string of the molecule is COc1cccc(C(=O)OCC(=O)c2cc(C)n(Cc3ccco3)c2C)c1OC. The third-order valence-corrected chi connectivity index (χ3v) is 4.73. The summed E-state index contributed by atoms with van der Waals surface area (Å²) in [6, 6.07) is 10.4. The van der Waals surface area contributed by atoms with Crippen LogP contribution >= 0.6 is 0 Å². The number of methoxy groups -OCH3 is 2. The van der Waals surface area contributed by atoms with E-state index >= 15 is 0 Å². The maximum atomic E-state index is 12.7. The maximum absolute atomic E-state index is 12.7. The fraction of sp³-hybridized carbons (Fsp3) is 0.273. The Labute approximate surface area is 168 Å². The highest BCUT2D eigenvalue weighted by molar-refractivity contribution is 6.01. The quantitative estimate of drug-likeness (QED) is 0.425. The number of rotatable bonds is 8. The van der Waals surface area contributed by atoms with Crippen molar-refractivity contribution in [2.75, 3.05) is 20.8 Å². The summed E-state index contributed by atoms with van der Waals surface area (Å²) in [5.41, 5.74) is 2.42. The molecule has 0 amide bonds. The highest BCUT2D eigenvalue weighted by Crippen LogP contribution is 2.31. The smallest absolute Gasteiger partial charge is 0.342 e. The number of hydrogen-bond acceptors (Lipinski definition) is 6. The molecule has 0 N–H and O–H groups in total. The number of aryl methyl sites for hydroxylation is 1. The average Bonchev–Trinajstić information content (AvgIpc) is 3.34. The van der Waals surface area contributed by atoms with Crippen LogP contribution in [0.1, 0.15) is 37.9 Å². The number of para-hydroxylation sites is 1. The van der Waals surface area contributed by atoms with Gasteiger partial charge in [0.15, 0.2) is 18.1 Å². The van der Waals surface area contributed by atoms with Crippen LogP contribution in [-0.4, -0.2) is 37.1 Å². The number of carbonyl (C=O) groups excluding carboxylic acids is 2. The van der Waals surface area contributed by atoms with Crippen molar-refractivity contribution in [3.05, 3.63) is 70.9 Å². The molecule has 29 heavy (non-hydrogen) atoms. The molecular formula is C22H23NO6. The predicted octanol–water partition coefficient (Wildman–Crippen LogP) is 3.80. The van der Waals surface area contributed by atoms with E-state index in [1.165, 1.54) is 14.2 Å². The van der Waals surface area contributed by atoms with Gasteiger partial charge in [0.25, 0.3) is 0 Å². The van der Waals surface area contributed by atoms with E-state index in [4.69, 9.17) is 18.6 Å². The molecule has 2 aromatic heterocycles. The summed E-state index contributed by atoms with van der Waals surface area (Å²) in [5, 5.41) is 0. The number of benzene rings is 1. The number of carbonyl (C=O) groups is 2. The molecule has 0 spiro atoms. The van der Waals surface area contributed by atoms with E-state index in [-0.39, 0.29) is 23.7 Å². The Morgan fingerprint density at radius 1 is 1.03 bits per heavy atom. The van der Waals surface area contributed by atoms with Crippen LogP contribution in [0.3, 0.4) is 0 Å². The maximum Gasteiger partial charge on any atom is 0.342 e. The molecule has 0 aliphatic heterocycles. The summed E-state index contributed by atoms with van der Waals surface area (Å²) in [6.07, 6.45) is 1.61. The standard InChI is InChI=1S/C22H23NO6/c1-14-11-18(15(2)23(14)12-16-7-6-10-28-16)19(24)13-29-22(25)17-8-5-9-20(26-3)21(17)27-4/h5-11H,12-13H2,1-4H3. The van der Waals surface area contributed by atoms with E-state index in [1.807, 2.05) is 30.5 Å². The number of aromatic nitrogens is 1. The van der Waals surface area contributed by atoms with Crippen LogP contribution in [0.4, 0.5) is 0 Å². The lowest BCUT2D eigenvalue weighted by Gasteiger charge is -2.12. The normalized spacial score (nSPS) is 10.6. The first-order valence-corrected chi connectivity index (χ1v) is 9.06. The molecule has 0 aliphatic carbocycles. The molecule has 0 radical (unpaired) electrons. The van der Waals surface area contributed by atoms with Gasteiger partial charge in [-0.05, 0) is 44.2 Å². The molecule has 2 heterocycles. The lowest BCUT2D eigenvalue weighted by atomic mass is 10.1. The Kier molecular flexibility index (Phi) is 6.07. The molecule has 0 bridgehead atoms. The first-order chi connectivity index (χ1) is 14.0. The molecule has 0 aliphatic rings. The van der Waals surface area contributed by atoms with Crippen LogP contribution in [-0.2, 0) is 11.3 Å². The molecule has 0 saturated heterocycles. The van der Waals surface area contributed by atoms with Gasteiger partial charge in [-0.3, -0.25) is 4.79 Å². The monoisotopic (exact) mass is 397 g/mol. The molecule has 0 fully saturated rings. The van der Waals surface area contributed by atoms with E-state index in [0.29, 0.717) is 17.9 Å². The molecule has 3 aromatic rings. The Morgan fingerprint density at radius 2 is 1.83 bits per heavy atom. The fourth-order valence-corrected chi connectivity index (χ4v) is 3.22. The summed E-state index contributed by atoms with van der Waals surface area (Å²) in [6.45, 7) is 3.93. The number of Topliss-reactive ketones (excluding diaryl/α,β-unsaturated/α-hetero) is 1. The molecule has 0 unspecified atom stereocenters. The van der Waals surface area contributed by atoms with E-state index in [9.17, 15) is 9.59 Å². The van der Waals surface area contributed by atoms with Gasteiger partial charge < -0.3 is 23.2 Å². The van der Waals surface area contributed by atoms with Gasteiger partial charge in [-0.25, -0.2) is 4.79 Å². The third-order valence-electron chi connectivity index (χ3n) is 4.73. The van der Waals surface area contributed by atoms with Crippen LogP contribution < -0.4 is 9.47 Å². The number of hydrogen-bond donors (Lipinski definition) is 0. The number of nitrogens with zero attached hydrogens (tertiary/aromatic N) is 1. The molecule has 152 valence electrons. The third kappa shape index (κ3) is 4.18. The van der Waals surface area contributed by atoms with Crippen molar-refractivity contribution >= 4 is 11.8 Å². The molecule has 3 rings (SSSR count). The Hall–Kier alpha value is -3.48.